The van der Waals surface area contributed by atoms with Crippen molar-refractivity contribution in [3.63, 3.8) is 0 Å². The zero-order valence-electron chi connectivity index (χ0n) is 16.0. The molecule has 3 aromatic heterocycles. The van der Waals surface area contributed by atoms with E-state index in [1.54, 1.807) is 17.5 Å². The van der Waals surface area contributed by atoms with Gasteiger partial charge in [-0.05, 0) is 44.4 Å². The van der Waals surface area contributed by atoms with E-state index in [0.29, 0.717) is 10.6 Å². The van der Waals surface area contributed by atoms with E-state index in [1.165, 1.54) is 11.3 Å². The number of pyridine rings is 1. The summed E-state index contributed by atoms with van der Waals surface area (Å²) >= 11 is 3.04. The van der Waals surface area contributed by atoms with Crippen LogP contribution in [0.4, 0.5) is 11.5 Å². The number of rotatable bonds is 4. The van der Waals surface area contributed by atoms with E-state index in [9.17, 15) is 4.79 Å². The maximum Gasteiger partial charge on any atom is 0.267 e. The maximum absolute atomic E-state index is 12.7. The number of hydrogen-bond acceptors (Lipinski definition) is 7. The highest BCUT2D eigenvalue weighted by atomic mass is 32.1. The number of nitrogens with one attached hydrogen (secondary N) is 1. The largest absolute Gasteiger partial charge is 0.372 e. The number of ether oxygens (including phenoxy) is 1. The maximum atomic E-state index is 12.7. The lowest BCUT2D eigenvalue weighted by molar-refractivity contribution is -0.00545. The van der Waals surface area contributed by atoms with Gasteiger partial charge in [0.1, 0.15) is 15.7 Å². The Hall–Kier alpha value is -2.29. The Balaban J connectivity index is 1.45. The molecular formula is C20H22N4O2S2. The van der Waals surface area contributed by atoms with E-state index in [1.807, 2.05) is 36.6 Å². The molecule has 1 fully saturated rings. The van der Waals surface area contributed by atoms with Gasteiger partial charge in [0.25, 0.3) is 5.91 Å². The molecule has 1 N–H and O–H groups in total. The second-order valence-electron chi connectivity index (χ2n) is 6.93. The molecule has 1 aliphatic heterocycles. The quantitative estimate of drug-likeness (QED) is 0.684. The van der Waals surface area contributed by atoms with Crippen LogP contribution in [0.25, 0.3) is 9.88 Å². The van der Waals surface area contributed by atoms with E-state index in [-0.39, 0.29) is 18.1 Å². The Morgan fingerprint density at radius 2 is 2.04 bits per heavy atom. The molecule has 4 rings (SSSR count). The highest BCUT2D eigenvalue weighted by Crippen LogP contribution is 2.31. The van der Waals surface area contributed by atoms with Crippen molar-refractivity contribution < 1.29 is 9.53 Å². The SMILES string of the molecule is Cc1nc(-c2cccs2)sc1C(=O)Nc1ccc(N2C[C@@H](C)O[C@H](C)C2)nc1. The minimum atomic E-state index is -0.152. The Bertz CT molecular complexity index is 943. The zero-order valence-corrected chi connectivity index (χ0v) is 17.6. The third-order valence-corrected chi connectivity index (χ3v) is 6.68. The molecule has 8 heteroatoms. The van der Waals surface area contributed by atoms with Crippen LogP contribution >= 0.6 is 22.7 Å². The van der Waals surface area contributed by atoms with Crippen LogP contribution in [0.15, 0.2) is 35.8 Å². The van der Waals surface area contributed by atoms with Crippen LogP contribution in [0, 0.1) is 6.92 Å². The van der Waals surface area contributed by atoms with Gasteiger partial charge in [-0.3, -0.25) is 4.79 Å². The summed E-state index contributed by atoms with van der Waals surface area (Å²) in [6, 6.07) is 7.83. The normalized spacial score (nSPS) is 19.6. The second kappa shape index (κ2) is 7.98. The van der Waals surface area contributed by atoms with Crippen LogP contribution in [-0.2, 0) is 4.74 Å². The lowest BCUT2D eigenvalue weighted by Gasteiger charge is -2.36. The predicted molar refractivity (Wildman–Crippen MR) is 115 cm³/mol. The number of morpholine rings is 1. The number of nitrogens with zero attached hydrogens (tertiary/aromatic N) is 3. The molecule has 0 aliphatic carbocycles. The molecule has 0 spiro atoms. The highest BCUT2D eigenvalue weighted by molar-refractivity contribution is 7.22. The van der Waals surface area contributed by atoms with Crippen LogP contribution in [-0.4, -0.2) is 41.2 Å². The van der Waals surface area contributed by atoms with Gasteiger partial charge in [0.05, 0.1) is 34.7 Å². The molecule has 146 valence electrons. The molecule has 1 aliphatic rings. The number of aryl methyl sites for hydroxylation is 1. The Labute approximate surface area is 172 Å². The number of hydrogen-bond donors (Lipinski definition) is 1. The fourth-order valence-electron chi connectivity index (χ4n) is 3.31. The first-order valence-corrected chi connectivity index (χ1v) is 10.9. The summed E-state index contributed by atoms with van der Waals surface area (Å²) in [6.45, 7) is 7.63. The number of carbonyl (C=O) groups excluding carboxylic acids is 1. The molecule has 0 bridgehead atoms. The fourth-order valence-corrected chi connectivity index (χ4v) is 5.07. The van der Waals surface area contributed by atoms with Crippen molar-refractivity contribution >= 4 is 40.1 Å². The standard InChI is InChI=1S/C20H22N4O2S2/c1-12-10-24(11-13(2)26-12)17-7-6-15(9-21-17)23-19(25)18-14(3)22-20(28-18)16-5-4-8-27-16/h4-9,12-13H,10-11H2,1-3H3,(H,23,25)/t12-,13-/m1/s1. The highest BCUT2D eigenvalue weighted by Gasteiger charge is 2.23. The van der Waals surface area contributed by atoms with Gasteiger partial charge in [-0.2, -0.15) is 0 Å². The van der Waals surface area contributed by atoms with Crippen molar-refractivity contribution in [2.24, 2.45) is 0 Å². The van der Waals surface area contributed by atoms with Gasteiger partial charge in [0.2, 0.25) is 0 Å². The molecular weight excluding hydrogens is 392 g/mol. The third kappa shape index (κ3) is 4.09. The van der Waals surface area contributed by atoms with Crippen molar-refractivity contribution in [1.29, 1.82) is 0 Å². The van der Waals surface area contributed by atoms with Gasteiger partial charge in [-0.15, -0.1) is 22.7 Å². The van der Waals surface area contributed by atoms with Crippen LogP contribution < -0.4 is 10.2 Å². The Morgan fingerprint density at radius 1 is 1.25 bits per heavy atom. The predicted octanol–water partition coefficient (Wildman–Crippen LogP) is 4.44. The van der Waals surface area contributed by atoms with Crippen molar-refractivity contribution in [3.05, 3.63) is 46.4 Å². The van der Waals surface area contributed by atoms with Crippen LogP contribution in [0.3, 0.4) is 0 Å². The Kier molecular flexibility index (Phi) is 5.43. The van der Waals surface area contributed by atoms with Gasteiger partial charge in [0, 0.05) is 13.1 Å². The number of thiophene rings is 1. The van der Waals surface area contributed by atoms with Crippen molar-refractivity contribution in [2.45, 2.75) is 33.0 Å². The monoisotopic (exact) mass is 414 g/mol. The summed E-state index contributed by atoms with van der Waals surface area (Å²) in [6.07, 6.45) is 2.06. The van der Waals surface area contributed by atoms with Crippen LogP contribution in [0.5, 0.6) is 0 Å². The topological polar surface area (TPSA) is 67.4 Å². The summed E-state index contributed by atoms with van der Waals surface area (Å²) in [5.41, 5.74) is 1.42. The van der Waals surface area contributed by atoms with Crippen LogP contribution in [0.1, 0.15) is 29.2 Å². The average molecular weight is 415 g/mol. The van der Waals surface area contributed by atoms with Gasteiger partial charge in [-0.1, -0.05) is 6.07 Å². The van der Waals surface area contributed by atoms with E-state index in [4.69, 9.17) is 4.74 Å². The number of carbonyl (C=O) groups is 1. The molecule has 1 amide bonds. The molecule has 2 atom stereocenters. The smallest absolute Gasteiger partial charge is 0.267 e. The average Bonchev–Trinajstić information content (AvgIpc) is 3.31. The number of anilines is 2. The van der Waals surface area contributed by atoms with Gasteiger partial charge < -0.3 is 15.0 Å². The summed E-state index contributed by atoms with van der Waals surface area (Å²) < 4.78 is 5.77. The molecule has 0 saturated carbocycles. The van der Waals surface area contributed by atoms with Crippen molar-refractivity contribution in [2.75, 3.05) is 23.3 Å². The molecule has 1 saturated heterocycles. The van der Waals surface area contributed by atoms with E-state index < -0.39 is 0 Å². The second-order valence-corrected chi connectivity index (χ2v) is 8.88. The van der Waals surface area contributed by atoms with Crippen LogP contribution in [0.2, 0.25) is 0 Å². The van der Waals surface area contributed by atoms with Gasteiger partial charge in [-0.25, -0.2) is 9.97 Å². The van der Waals surface area contributed by atoms with E-state index >= 15 is 0 Å². The zero-order chi connectivity index (χ0) is 19.7. The molecule has 0 unspecified atom stereocenters. The molecule has 28 heavy (non-hydrogen) atoms. The summed E-state index contributed by atoms with van der Waals surface area (Å²) in [4.78, 5) is 25.7. The molecule has 4 heterocycles. The molecule has 3 aromatic rings. The number of amides is 1. The minimum absolute atomic E-state index is 0.152. The summed E-state index contributed by atoms with van der Waals surface area (Å²) in [7, 11) is 0. The van der Waals surface area contributed by atoms with E-state index in [2.05, 4.69) is 34.0 Å². The summed E-state index contributed by atoms with van der Waals surface area (Å²) in [5.74, 6) is 0.745. The molecule has 0 aromatic carbocycles. The van der Waals surface area contributed by atoms with Crippen molar-refractivity contribution in [1.82, 2.24) is 9.97 Å². The number of aromatic nitrogens is 2. The van der Waals surface area contributed by atoms with E-state index in [0.717, 1.165) is 34.5 Å². The first-order chi connectivity index (χ1) is 13.5. The fraction of sp³-hybridized carbons (Fsp3) is 0.350. The first kappa shape index (κ1) is 19.0. The van der Waals surface area contributed by atoms with Gasteiger partial charge >= 0.3 is 0 Å². The molecule has 6 nitrogen and oxygen atoms in total. The third-order valence-electron chi connectivity index (χ3n) is 4.48. The summed E-state index contributed by atoms with van der Waals surface area (Å²) in [5, 5.41) is 5.82. The minimum Gasteiger partial charge on any atom is -0.372 e. The molecule has 0 radical (unpaired) electrons. The lowest BCUT2D eigenvalue weighted by Crippen LogP contribution is -2.45. The lowest BCUT2D eigenvalue weighted by atomic mass is 10.2. The van der Waals surface area contributed by atoms with Crippen molar-refractivity contribution in [3.8, 4) is 9.88 Å². The Morgan fingerprint density at radius 3 is 2.68 bits per heavy atom. The first-order valence-electron chi connectivity index (χ1n) is 9.18. The van der Waals surface area contributed by atoms with Gasteiger partial charge in [0.15, 0.2) is 0 Å². The number of thiazole rings is 1.